The van der Waals surface area contributed by atoms with Crippen LogP contribution < -0.4 is 5.32 Å². The summed E-state index contributed by atoms with van der Waals surface area (Å²) in [5, 5.41) is 7.43. The maximum absolute atomic E-state index is 13.0. The predicted octanol–water partition coefficient (Wildman–Crippen LogP) is 4.87. The lowest BCUT2D eigenvalue weighted by atomic mass is 10.2. The van der Waals surface area contributed by atoms with Gasteiger partial charge in [-0.2, -0.15) is 13.2 Å². The molecule has 10 heteroatoms. The fraction of sp³-hybridized carbons (Fsp3) is 0.474. The summed E-state index contributed by atoms with van der Waals surface area (Å²) < 4.78 is 44.1. The normalized spacial score (nSPS) is 16.0. The summed E-state index contributed by atoms with van der Waals surface area (Å²) in [6, 6.07) is 3.16. The molecule has 0 amide bonds. The Morgan fingerprint density at radius 1 is 1.24 bits per heavy atom. The second kappa shape index (κ2) is 8.89. The topological polar surface area (TPSA) is 44.5 Å². The number of aromatic nitrogens is 1. The summed E-state index contributed by atoms with van der Waals surface area (Å²) in [7, 11) is 0. The van der Waals surface area contributed by atoms with Gasteiger partial charge in [0.05, 0.1) is 22.0 Å². The zero-order chi connectivity index (χ0) is 21.2. The highest BCUT2D eigenvalue weighted by Crippen LogP contribution is 2.34. The van der Waals surface area contributed by atoms with Crippen LogP contribution in [0.2, 0.25) is 5.02 Å². The summed E-state index contributed by atoms with van der Waals surface area (Å²) in [6.07, 6.45) is -3.56. The number of benzene rings is 1. The van der Waals surface area contributed by atoms with Crippen molar-refractivity contribution >= 4 is 34.6 Å². The molecular weight excluding hydrogens is 425 g/mol. The first-order valence-corrected chi connectivity index (χ1v) is 10.0. The van der Waals surface area contributed by atoms with Crippen LogP contribution in [-0.4, -0.2) is 46.2 Å². The molecule has 0 aliphatic carbocycles. The van der Waals surface area contributed by atoms with Gasteiger partial charge in [-0.05, 0) is 50.7 Å². The molecule has 2 aromatic rings. The van der Waals surface area contributed by atoms with Gasteiger partial charge in [0.25, 0.3) is 0 Å². The zero-order valence-electron chi connectivity index (χ0n) is 16.1. The van der Waals surface area contributed by atoms with Crippen molar-refractivity contribution in [3.05, 3.63) is 45.8 Å². The van der Waals surface area contributed by atoms with Gasteiger partial charge in [0, 0.05) is 38.3 Å². The van der Waals surface area contributed by atoms with Gasteiger partial charge in [0.15, 0.2) is 5.11 Å². The van der Waals surface area contributed by atoms with E-state index in [1.807, 2.05) is 18.7 Å². The van der Waals surface area contributed by atoms with Crippen molar-refractivity contribution in [2.24, 2.45) is 0 Å². The highest BCUT2D eigenvalue weighted by atomic mass is 35.5. The van der Waals surface area contributed by atoms with Crippen LogP contribution in [0.3, 0.4) is 0 Å². The Hall–Kier alpha value is -1.84. The molecule has 1 fully saturated rings. The van der Waals surface area contributed by atoms with E-state index >= 15 is 0 Å². The largest absolute Gasteiger partial charge is 0.416 e. The van der Waals surface area contributed by atoms with Crippen LogP contribution in [0.15, 0.2) is 22.7 Å². The van der Waals surface area contributed by atoms with Gasteiger partial charge in [0.2, 0.25) is 0 Å². The third-order valence-electron chi connectivity index (χ3n) is 4.97. The van der Waals surface area contributed by atoms with Gasteiger partial charge < -0.3 is 14.7 Å². The molecule has 0 atom stereocenters. The standard InChI is InChI=1S/C19H22ClF3N4OS/c1-12-15(13(2)28-25-12)11-26-6-3-7-27(9-8-26)18(29)24-17-10-14(19(21,22)23)4-5-16(17)20/h4-5,10H,3,6-9,11H2,1-2H3,(H,24,29). The first-order valence-electron chi connectivity index (χ1n) is 9.22. The smallest absolute Gasteiger partial charge is 0.361 e. The maximum atomic E-state index is 13.0. The van der Waals surface area contributed by atoms with Crippen LogP contribution in [-0.2, 0) is 12.7 Å². The SMILES string of the molecule is Cc1noc(C)c1CN1CCCN(C(=S)Nc2cc(C(F)(F)F)ccc2Cl)CC1. The number of halogens is 4. The molecule has 158 valence electrons. The molecule has 0 bridgehead atoms. The lowest BCUT2D eigenvalue weighted by Crippen LogP contribution is -2.38. The lowest BCUT2D eigenvalue weighted by molar-refractivity contribution is -0.137. The Bertz CT molecular complexity index is 867. The van der Waals surface area contributed by atoms with Crippen LogP contribution in [0, 0.1) is 13.8 Å². The fourth-order valence-corrected chi connectivity index (χ4v) is 3.73. The highest BCUT2D eigenvalue weighted by Gasteiger charge is 2.31. The Balaban J connectivity index is 1.63. The number of thiocarbonyl (C=S) groups is 1. The first-order chi connectivity index (χ1) is 13.6. The van der Waals surface area contributed by atoms with E-state index in [0.29, 0.717) is 18.2 Å². The Morgan fingerprint density at radius 3 is 2.66 bits per heavy atom. The molecule has 5 nitrogen and oxygen atoms in total. The Kier molecular flexibility index (Phi) is 6.70. The van der Waals surface area contributed by atoms with E-state index in [1.54, 1.807) is 0 Å². The molecule has 29 heavy (non-hydrogen) atoms. The number of aryl methyl sites for hydroxylation is 2. The molecular formula is C19H22ClF3N4OS. The monoisotopic (exact) mass is 446 g/mol. The molecule has 1 saturated heterocycles. The molecule has 3 rings (SSSR count). The maximum Gasteiger partial charge on any atom is 0.416 e. The average molecular weight is 447 g/mol. The number of anilines is 1. The molecule has 1 aliphatic heterocycles. The van der Waals surface area contributed by atoms with E-state index in [4.69, 9.17) is 28.3 Å². The first kappa shape index (κ1) is 21.9. The molecule has 0 spiro atoms. The Labute approximate surface area is 177 Å². The average Bonchev–Trinajstić information content (AvgIpc) is 2.85. The lowest BCUT2D eigenvalue weighted by Gasteiger charge is -2.25. The van der Waals surface area contributed by atoms with Crippen molar-refractivity contribution in [3.63, 3.8) is 0 Å². The summed E-state index contributed by atoms with van der Waals surface area (Å²) in [6.45, 7) is 7.59. The van der Waals surface area contributed by atoms with Crippen LogP contribution in [0.4, 0.5) is 18.9 Å². The van der Waals surface area contributed by atoms with Crippen LogP contribution in [0.1, 0.15) is 29.0 Å². The van der Waals surface area contributed by atoms with Crippen molar-refractivity contribution in [1.82, 2.24) is 15.0 Å². The molecule has 1 aliphatic rings. The molecule has 1 aromatic carbocycles. The molecule has 0 saturated carbocycles. The molecule has 0 radical (unpaired) electrons. The van der Waals surface area contributed by atoms with Gasteiger partial charge >= 0.3 is 6.18 Å². The van der Waals surface area contributed by atoms with Crippen molar-refractivity contribution < 1.29 is 17.7 Å². The quantitative estimate of drug-likeness (QED) is 0.679. The van der Waals surface area contributed by atoms with Gasteiger partial charge in [-0.3, -0.25) is 4.90 Å². The van der Waals surface area contributed by atoms with Crippen LogP contribution in [0.5, 0.6) is 0 Å². The van der Waals surface area contributed by atoms with Crippen molar-refractivity contribution in [3.8, 4) is 0 Å². The van der Waals surface area contributed by atoms with Crippen molar-refractivity contribution in [1.29, 1.82) is 0 Å². The number of nitrogens with zero attached hydrogens (tertiary/aromatic N) is 3. The van der Waals surface area contributed by atoms with Crippen molar-refractivity contribution in [2.45, 2.75) is 33.0 Å². The number of hydrogen-bond donors (Lipinski definition) is 1. The van der Waals surface area contributed by atoms with Gasteiger partial charge in [-0.15, -0.1) is 0 Å². The third kappa shape index (κ3) is 5.40. The summed E-state index contributed by atoms with van der Waals surface area (Å²) >= 11 is 11.5. The molecule has 0 unspecified atom stereocenters. The number of hydrogen-bond acceptors (Lipinski definition) is 4. The Morgan fingerprint density at radius 2 is 2.00 bits per heavy atom. The van der Waals surface area contributed by atoms with E-state index in [-0.39, 0.29) is 10.7 Å². The van der Waals surface area contributed by atoms with E-state index in [2.05, 4.69) is 15.4 Å². The van der Waals surface area contributed by atoms with Crippen LogP contribution in [0.25, 0.3) is 0 Å². The minimum absolute atomic E-state index is 0.156. The second-order valence-corrected chi connectivity index (χ2v) is 7.84. The van der Waals surface area contributed by atoms with E-state index < -0.39 is 11.7 Å². The number of nitrogens with one attached hydrogen (secondary N) is 1. The second-order valence-electron chi connectivity index (χ2n) is 7.04. The molecule has 2 heterocycles. The number of alkyl halides is 3. The van der Waals surface area contributed by atoms with E-state index in [1.165, 1.54) is 6.07 Å². The van der Waals surface area contributed by atoms with Crippen molar-refractivity contribution in [2.75, 3.05) is 31.5 Å². The van der Waals surface area contributed by atoms with E-state index in [9.17, 15) is 13.2 Å². The van der Waals surface area contributed by atoms with Gasteiger partial charge in [-0.1, -0.05) is 16.8 Å². The minimum Gasteiger partial charge on any atom is -0.361 e. The summed E-state index contributed by atoms with van der Waals surface area (Å²) in [4.78, 5) is 4.26. The summed E-state index contributed by atoms with van der Waals surface area (Å²) in [5.74, 6) is 0.819. The van der Waals surface area contributed by atoms with E-state index in [0.717, 1.165) is 55.2 Å². The summed E-state index contributed by atoms with van der Waals surface area (Å²) in [5.41, 5.74) is 1.37. The minimum atomic E-state index is -4.44. The fourth-order valence-electron chi connectivity index (χ4n) is 3.28. The van der Waals surface area contributed by atoms with Gasteiger partial charge in [0.1, 0.15) is 5.76 Å². The zero-order valence-corrected chi connectivity index (χ0v) is 17.7. The highest BCUT2D eigenvalue weighted by molar-refractivity contribution is 7.80. The molecule has 1 aromatic heterocycles. The van der Waals surface area contributed by atoms with Gasteiger partial charge in [-0.25, -0.2) is 0 Å². The molecule has 1 N–H and O–H groups in total. The number of rotatable bonds is 3. The third-order valence-corrected chi connectivity index (χ3v) is 5.66. The predicted molar refractivity (Wildman–Crippen MR) is 110 cm³/mol. The van der Waals surface area contributed by atoms with Crippen LogP contribution >= 0.6 is 23.8 Å².